The van der Waals surface area contributed by atoms with Crippen molar-refractivity contribution in [3.05, 3.63) is 63.8 Å². The van der Waals surface area contributed by atoms with Crippen molar-refractivity contribution in [3.8, 4) is 5.69 Å². The zero-order chi connectivity index (χ0) is 14.3. The van der Waals surface area contributed by atoms with Crippen molar-refractivity contribution >= 4 is 11.0 Å². The van der Waals surface area contributed by atoms with Gasteiger partial charge in [0, 0.05) is 6.20 Å². The largest absolute Gasteiger partial charge is 0.268 e. The number of fused-ring (bicyclic) bond motifs is 1. The van der Waals surface area contributed by atoms with E-state index in [0.717, 1.165) is 11.3 Å². The van der Waals surface area contributed by atoms with Gasteiger partial charge in [-0.1, -0.05) is 17.7 Å². The summed E-state index contributed by atoms with van der Waals surface area (Å²) in [6, 6.07) is 9.55. The third-order valence-corrected chi connectivity index (χ3v) is 3.40. The summed E-state index contributed by atoms with van der Waals surface area (Å²) < 4.78 is 1.65. The average Bonchev–Trinajstić information content (AvgIpc) is 2.41. The lowest BCUT2D eigenvalue weighted by Crippen LogP contribution is -2.23. The maximum Gasteiger partial charge on any atom is 0.267 e. The SMILES string of the molecule is Cc1ccc(-n2c(C)nc3ncccc3c2=O)c(C)c1. The standard InChI is InChI=1S/C16H15N3O/c1-10-6-7-14(11(2)9-10)19-12(3)18-15-13(16(19)20)5-4-8-17-15/h4-9H,1-3H3. The molecule has 4 heteroatoms. The third-order valence-electron chi connectivity index (χ3n) is 3.40. The molecule has 0 radical (unpaired) electrons. The summed E-state index contributed by atoms with van der Waals surface area (Å²) in [7, 11) is 0. The van der Waals surface area contributed by atoms with E-state index in [1.807, 2.05) is 32.9 Å². The topological polar surface area (TPSA) is 47.8 Å². The number of hydrogen-bond donors (Lipinski definition) is 0. The average molecular weight is 265 g/mol. The predicted molar refractivity (Wildman–Crippen MR) is 79.3 cm³/mol. The van der Waals surface area contributed by atoms with E-state index in [1.54, 1.807) is 22.9 Å². The Bertz CT molecular complexity index is 865. The molecule has 4 nitrogen and oxygen atoms in total. The molecule has 20 heavy (non-hydrogen) atoms. The molecule has 2 heterocycles. The van der Waals surface area contributed by atoms with Crippen molar-refractivity contribution in [2.45, 2.75) is 20.8 Å². The van der Waals surface area contributed by atoms with Gasteiger partial charge in [-0.3, -0.25) is 9.36 Å². The quantitative estimate of drug-likeness (QED) is 0.679. The summed E-state index contributed by atoms with van der Waals surface area (Å²) in [5.74, 6) is 0.646. The lowest BCUT2D eigenvalue weighted by atomic mass is 10.1. The predicted octanol–water partition coefficient (Wildman–Crippen LogP) is 2.71. The minimum Gasteiger partial charge on any atom is -0.268 e. The Kier molecular flexibility index (Phi) is 2.86. The summed E-state index contributed by atoms with van der Waals surface area (Å²) in [5, 5.41) is 0.540. The number of aromatic nitrogens is 3. The van der Waals surface area contributed by atoms with Gasteiger partial charge >= 0.3 is 0 Å². The van der Waals surface area contributed by atoms with Crippen LogP contribution >= 0.6 is 0 Å². The van der Waals surface area contributed by atoms with Crippen LogP contribution in [0.4, 0.5) is 0 Å². The summed E-state index contributed by atoms with van der Waals surface area (Å²) >= 11 is 0. The Morgan fingerprint density at radius 2 is 1.90 bits per heavy atom. The second-order valence-electron chi connectivity index (χ2n) is 4.96. The van der Waals surface area contributed by atoms with E-state index in [0.29, 0.717) is 16.9 Å². The van der Waals surface area contributed by atoms with Gasteiger partial charge in [0.2, 0.25) is 0 Å². The van der Waals surface area contributed by atoms with Crippen molar-refractivity contribution in [3.63, 3.8) is 0 Å². The van der Waals surface area contributed by atoms with Gasteiger partial charge in [0.25, 0.3) is 5.56 Å². The molecular formula is C16H15N3O. The summed E-state index contributed by atoms with van der Waals surface area (Å²) in [6.45, 7) is 5.87. The Balaban J connectivity index is 2.39. The molecule has 0 aliphatic rings. The van der Waals surface area contributed by atoms with Gasteiger partial charge in [0.1, 0.15) is 5.82 Å². The molecule has 0 atom stereocenters. The molecule has 0 bridgehead atoms. The van der Waals surface area contributed by atoms with Crippen LogP contribution in [0.15, 0.2) is 41.3 Å². The molecule has 0 amide bonds. The first-order chi connectivity index (χ1) is 9.58. The zero-order valence-corrected chi connectivity index (χ0v) is 11.7. The fourth-order valence-electron chi connectivity index (χ4n) is 2.46. The molecule has 3 rings (SSSR count). The van der Waals surface area contributed by atoms with E-state index in [9.17, 15) is 4.79 Å². The highest BCUT2D eigenvalue weighted by Gasteiger charge is 2.11. The lowest BCUT2D eigenvalue weighted by Gasteiger charge is -2.13. The first kappa shape index (κ1) is 12.5. The maximum absolute atomic E-state index is 12.7. The van der Waals surface area contributed by atoms with Crippen LogP contribution in [0.1, 0.15) is 17.0 Å². The molecule has 1 aromatic carbocycles. The van der Waals surface area contributed by atoms with Gasteiger partial charge in [-0.2, -0.15) is 0 Å². The number of aryl methyl sites for hydroxylation is 3. The fraction of sp³-hybridized carbons (Fsp3) is 0.188. The monoisotopic (exact) mass is 265 g/mol. The van der Waals surface area contributed by atoms with Crippen LogP contribution in [0.25, 0.3) is 16.7 Å². The molecule has 2 aromatic heterocycles. The lowest BCUT2D eigenvalue weighted by molar-refractivity contribution is 0.881. The Morgan fingerprint density at radius 1 is 1.10 bits per heavy atom. The van der Waals surface area contributed by atoms with Gasteiger partial charge in [-0.05, 0) is 44.5 Å². The van der Waals surface area contributed by atoms with E-state index < -0.39 is 0 Å². The Labute approximate surface area is 116 Å². The second kappa shape index (κ2) is 4.56. The number of hydrogen-bond acceptors (Lipinski definition) is 3. The minimum atomic E-state index is -0.0763. The van der Waals surface area contributed by atoms with Gasteiger partial charge in [-0.15, -0.1) is 0 Å². The van der Waals surface area contributed by atoms with E-state index >= 15 is 0 Å². The van der Waals surface area contributed by atoms with Crippen LogP contribution in [0.2, 0.25) is 0 Å². The third kappa shape index (κ3) is 1.90. The van der Waals surface area contributed by atoms with Crippen molar-refractivity contribution in [1.29, 1.82) is 0 Å². The van der Waals surface area contributed by atoms with E-state index in [-0.39, 0.29) is 5.56 Å². The van der Waals surface area contributed by atoms with Crippen LogP contribution < -0.4 is 5.56 Å². The Hall–Kier alpha value is -2.49. The smallest absolute Gasteiger partial charge is 0.267 e. The van der Waals surface area contributed by atoms with Gasteiger partial charge < -0.3 is 0 Å². The molecular weight excluding hydrogens is 250 g/mol. The first-order valence-corrected chi connectivity index (χ1v) is 6.50. The van der Waals surface area contributed by atoms with Crippen LogP contribution in [0.3, 0.4) is 0 Å². The van der Waals surface area contributed by atoms with Gasteiger partial charge in [0.15, 0.2) is 5.65 Å². The number of benzene rings is 1. The fourth-order valence-corrected chi connectivity index (χ4v) is 2.46. The number of pyridine rings is 1. The van der Waals surface area contributed by atoms with E-state index in [4.69, 9.17) is 0 Å². The first-order valence-electron chi connectivity index (χ1n) is 6.50. The molecule has 0 fully saturated rings. The van der Waals surface area contributed by atoms with Gasteiger partial charge in [0.05, 0.1) is 11.1 Å². The van der Waals surface area contributed by atoms with Gasteiger partial charge in [-0.25, -0.2) is 9.97 Å². The van der Waals surface area contributed by atoms with Crippen molar-refractivity contribution in [2.75, 3.05) is 0 Å². The van der Waals surface area contributed by atoms with E-state index in [2.05, 4.69) is 16.0 Å². The van der Waals surface area contributed by atoms with E-state index in [1.165, 1.54) is 5.56 Å². The molecule has 100 valence electrons. The molecule has 0 saturated carbocycles. The highest BCUT2D eigenvalue weighted by atomic mass is 16.1. The molecule has 3 aromatic rings. The Morgan fingerprint density at radius 3 is 2.65 bits per heavy atom. The second-order valence-corrected chi connectivity index (χ2v) is 4.96. The summed E-state index contributed by atoms with van der Waals surface area (Å²) in [4.78, 5) is 21.2. The molecule has 0 aliphatic carbocycles. The highest BCUT2D eigenvalue weighted by Crippen LogP contribution is 2.16. The van der Waals surface area contributed by atoms with Crippen molar-refractivity contribution in [2.24, 2.45) is 0 Å². The highest BCUT2D eigenvalue weighted by molar-refractivity contribution is 5.73. The molecule has 0 spiro atoms. The van der Waals surface area contributed by atoms with Crippen LogP contribution in [0.5, 0.6) is 0 Å². The number of rotatable bonds is 1. The molecule has 0 N–H and O–H groups in total. The maximum atomic E-state index is 12.7. The number of nitrogens with zero attached hydrogens (tertiary/aromatic N) is 3. The minimum absolute atomic E-state index is 0.0763. The molecule has 0 saturated heterocycles. The zero-order valence-electron chi connectivity index (χ0n) is 11.7. The molecule has 0 unspecified atom stereocenters. The van der Waals surface area contributed by atoms with Crippen LogP contribution in [-0.4, -0.2) is 14.5 Å². The normalized spacial score (nSPS) is 10.9. The van der Waals surface area contributed by atoms with Crippen LogP contribution in [-0.2, 0) is 0 Å². The summed E-state index contributed by atoms with van der Waals surface area (Å²) in [6.07, 6.45) is 1.65. The van der Waals surface area contributed by atoms with Crippen molar-refractivity contribution < 1.29 is 0 Å². The van der Waals surface area contributed by atoms with Crippen molar-refractivity contribution in [1.82, 2.24) is 14.5 Å². The summed E-state index contributed by atoms with van der Waals surface area (Å²) in [5.41, 5.74) is 3.52. The molecule has 0 aliphatic heterocycles. The van der Waals surface area contributed by atoms with Crippen LogP contribution in [0, 0.1) is 20.8 Å².